The number of halogens is 5. The van der Waals surface area contributed by atoms with Gasteiger partial charge in [-0.05, 0) is 61.7 Å². The maximum Gasteiger partial charge on any atom is 0.416 e. The summed E-state index contributed by atoms with van der Waals surface area (Å²) < 4.78 is 69.9. The Labute approximate surface area is 250 Å². The summed E-state index contributed by atoms with van der Waals surface area (Å²) in [5.41, 5.74) is 1.60. The Kier molecular flexibility index (Phi) is 8.55. The molecule has 1 fully saturated rings. The van der Waals surface area contributed by atoms with Crippen molar-refractivity contribution >= 4 is 28.9 Å². The fourth-order valence-corrected chi connectivity index (χ4v) is 4.95. The van der Waals surface area contributed by atoms with Crippen LogP contribution in [0.15, 0.2) is 54.9 Å². The van der Waals surface area contributed by atoms with Gasteiger partial charge in [0, 0.05) is 55.6 Å². The first-order valence-corrected chi connectivity index (χ1v) is 13.9. The Morgan fingerprint density at radius 3 is 2.55 bits per heavy atom. The molecular weight excluding hydrogens is 583 g/mol. The molecule has 3 N–H and O–H groups in total. The van der Waals surface area contributed by atoms with Gasteiger partial charge in [-0.15, -0.1) is 0 Å². The molecule has 0 unspecified atom stereocenters. The van der Waals surface area contributed by atoms with Gasteiger partial charge in [0.15, 0.2) is 5.82 Å². The minimum Gasteiger partial charge on any atom is -0.373 e. The summed E-state index contributed by atoms with van der Waals surface area (Å²) in [4.78, 5) is 23.1. The number of aryl methyl sites for hydroxylation is 2. The summed E-state index contributed by atoms with van der Waals surface area (Å²) in [6.07, 6.45) is -3.47. The van der Waals surface area contributed by atoms with Gasteiger partial charge in [0.1, 0.15) is 18.0 Å². The average Bonchev–Trinajstić information content (AvgIpc) is 3.53. The van der Waals surface area contributed by atoms with Crippen molar-refractivity contribution in [2.75, 3.05) is 42.6 Å². The van der Waals surface area contributed by atoms with Crippen LogP contribution in [0.5, 0.6) is 0 Å². The summed E-state index contributed by atoms with van der Waals surface area (Å²) >= 11 is 0. The highest BCUT2D eigenvalue weighted by Gasteiger charge is 2.38. The fourth-order valence-electron chi connectivity index (χ4n) is 4.95. The molecule has 1 saturated heterocycles. The average molecular weight is 615 g/mol. The van der Waals surface area contributed by atoms with Crippen molar-refractivity contribution in [3.05, 3.63) is 82.8 Å². The summed E-state index contributed by atoms with van der Waals surface area (Å²) in [7, 11) is 1.74. The van der Waals surface area contributed by atoms with Gasteiger partial charge in [0.2, 0.25) is 0 Å². The highest BCUT2D eigenvalue weighted by Crippen LogP contribution is 2.32. The van der Waals surface area contributed by atoms with Crippen LogP contribution >= 0.6 is 0 Å². The standard InChI is InChI=1S/C30H31F5N8O/c1-18-4-5-23(14-24(18)40-27-10-19(2)41-43(27)26-15-25(36-3)37-17-38-26)39-28(44)21-11-20(12-22(13-21)30(33,34)35)6-8-42-9-7-29(31,32)16-42/h4-5,10-15,17,40H,6-9,16H2,1-3H3,(H,39,44)(H,36,37,38). The highest BCUT2D eigenvalue weighted by molar-refractivity contribution is 6.04. The third-order valence-electron chi connectivity index (χ3n) is 7.26. The first-order valence-electron chi connectivity index (χ1n) is 13.9. The zero-order valence-electron chi connectivity index (χ0n) is 24.3. The zero-order valence-corrected chi connectivity index (χ0v) is 24.3. The normalized spacial score (nSPS) is 14.9. The van der Waals surface area contributed by atoms with E-state index in [0.717, 1.165) is 23.4 Å². The third-order valence-corrected chi connectivity index (χ3v) is 7.26. The Hall–Kier alpha value is -4.59. The molecule has 2 aromatic heterocycles. The second-order valence-corrected chi connectivity index (χ2v) is 10.8. The van der Waals surface area contributed by atoms with Crippen LogP contribution in [-0.2, 0) is 12.6 Å². The molecule has 44 heavy (non-hydrogen) atoms. The molecule has 232 valence electrons. The van der Waals surface area contributed by atoms with Crippen LogP contribution in [0.25, 0.3) is 5.82 Å². The van der Waals surface area contributed by atoms with Crippen molar-refractivity contribution in [1.29, 1.82) is 0 Å². The molecule has 0 aliphatic carbocycles. The van der Waals surface area contributed by atoms with Crippen LogP contribution in [0.3, 0.4) is 0 Å². The number of anilines is 4. The second kappa shape index (κ2) is 12.2. The number of carbonyl (C=O) groups excluding carboxylic acids is 1. The lowest BCUT2D eigenvalue weighted by molar-refractivity contribution is -0.137. The van der Waals surface area contributed by atoms with Crippen molar-refractivity contribution < 1.29 is 26.7 Å². The van der Waals surface area contributed by atoms with E-state index in [0.29, 0.717) is 28.8 Å². The van der Waals surface area contributed by atoms with E-state index in [1.165, 1.54) is 17.3 Å². The van der Waals surface area contributed by atoms with Crippen molar-refractivity contribution in [2.24, 2.45) is 0 Å². The van der Waals surface area contributed by atoms with E-state index in [1.807, 2.05) is 19.9 Å². The fraction of sp³-hybridized carbons (Fsp3) is 0.333. The minimum atomic E-state index is -4.69. The number of carbonyl (C=O) groups is 1. The van der Waals surface area contributed by atoms with E-state index in [1.54, 1.807) is 36.0 Å². The molecule has 2 aromatic carbocycles. The predicted molar refractivity (Wildman–Crippen MR) is 157 cm³/mol. The monoisotopic (exact) mass is 614 g/mol. The van der Waals surface area contributed by atoms with E-state index in [4.69, 9.17) is 0 Å². The van der Waals surface area contributed by atoms with E-state index in [9.17, 15) is 26.7 Å². The maximum atomic E-state index is 13.7. The number of likely N-dealkylation sites (tertiary alicyclic amines) is 1. The number of nitrogens with one attached hydrogen (secondary N) is 3. The van der Waals surface area contributed by atoms with Gasteiger partial charge < -0.3 is 16.0 Å². The van der Waals surface area contributed by atoms with Gasteiger partial charge >= 0.3 is 6.18 Å². The van der Waals surface area contributed by atoms with Crippen LogP contribution in [0.1, 0.15) is 39.2 Å². The molecular formula is C30H31F5N8O. The van der Waals surface area contributed by atoms with Crippen LogP contribution in [0.2, 0.25) is 0 Å². The molecule has 5 rings (SSSR count). The first kappa shape index (κ1) is 30.9. The van der Waals surface area contributed by atoms with Crippen LogP contribution in [-0.4, -0.2) is 63.2 Å². The number of amides is 1. The number of benzene rings is 2. The zero-order chi connectivity index (χ0) is 31.6. The summed E-state index contributed by atoms with van der Waals surface area (Å²) in [5.74, 6) is -1.83. The van der Waals surface area contributed by atoms with Gasteiger partial charge in [0.25, 0.3) is 11.8 Å². The van der Waals surface area contributed by atoms with Crippen molar-refractivity contribution in [3.63, 3.8) is 0 Å². The molecule has 0 spiro atoms. The Bertz CT molecular complexity index is 1670. The minimum absolute atomic E-state index is 0.0914. The Morgan fingerprint density at radius 1 is 1.05 bits per heavy atom. The predicted octanol–water partition coefficient (Wildman–Crippen LogP) is 6.22. The van der Waals surface area contributed by atoms with Crippen molar-refractivity contribution in [2.45, 2.75) is 38.8 Å². The van der Waals surface area contributed by atoms with E-state index in [2.05, 4.69) is 31.0 Å². The molecule has 0 bridgehead atoms. The lowest BCUT2D eigenvalue weighted by Gasteiger charge is -2.17. The van der Waals surface area contributed by atoms with E-state index >= 15 is 0 Å². The van der Waals surface area contributed by atoms with Gasteiger partial charge in [-0.1, -0.05) is 6.07 Å². The Balaban J connectivity index is 1.36. The molecule has 0 radical (unpaired) electrons. The molecule has 1 aliphatic heterocycles. The van der Waals surface area contributed by atoms with Crippen LogP contribution in [0, 0.1) is 13.8 Å². The SMILES string of the molecule is CNc1cc(-n2nc(C)cc2Nc2cc(NC(=O)c3cc(CCN4CCC(F)(F)C4)cc(C(F)(F)F)c3)ccc2C)ncn1. The molecule has 0 atom stereocenters. The second-order valence-electron chi connectivity index (χ2n) is 10.8. The topological polar surface area (TPSA) is 100 Å². The molecule has 0 saturated carbocycles. The molecule has 1 aliphatic rings. The van der Waals surface area contributed by atoms with Gasteiger partial charge in [-0.2, -0.15) is 23.0 Å². The number of aromatic nitrogens is 4. The molecule has 14 heteroatoms. The van der Waals surface area contributed by atoms with Gasteiger partial charge in [0.05, 0.1) is 17.8 Å². The Morgan fingerprint density at radius 2 is 1.84 bits per heavy atom. The molecule has 9 nitrogen and oxygen atoms in total. The number of alkyl halides is 5. The molecule has 3 heterocycles. The van der Waals surface area contributed by atoms with E-state index in [-0.39, 0.29) is 37.1 Å². The van der Waals surface area contributed by atoms with E-state index < -0.39 is 30.1 Å². The number of nitrogens with zero attached hydrogens (tertiary/aromatic N) is 5. The number of rotatable bonds is 9. The summed E-state index contributed by atoms with van der Waals surface area (Å²) in [5, 5.41) is 13.4. The van der Waals surface area contributed by atoms with Gasteiger partial charge in [-0.25, -0.2) is 18.7 Å². The van der Waals surface area contributed by atoms with Gasteiger partial charge in [-0.3, -0.25) is 9.69 Å². The quantitative estimate of drug-likeness (QED) is 0.193. The molecule has 4 aromatic rings. The lowest BCUT2D eigenvalue weighted by atomic mass is 10.0. The smallest absolute Gasteiger partial charge is 0.373 e. The van der Waals surface area contributed by atoms with Crippen molar-refractivity contribution in [1.82, 2.24) is 24.6 Å². The van der Waals surface area contributed by atoms with Crippen LogP contribution < -0.4 is 16.0 Å². The maximum absolute atomic E-state index is 13.7. The highest BCUT2D eigenvalue weighted by atomic mass is 19.4. The molecule has 1 amide bonds. The first-order chi connectivity index (χ1) is 20.8. The number of hydrogen-bond acceptors (Lipinski definition) is 7. The summed E-state index contributed by atoms with van der Waals surface area (Å²) in [6.45, 7) is 3.58. The summed E-state index contributed by atoms with van der Waals surface area (Å²) in [6, 6.07) is 11.7. The lowest BCUT2D eigenvalue weighted by Crippen LogP contribution is -2.27. The van der Waals surface area contributed by atoms with Crippen molar-refractivity contribution in [3.8, 4) is 5.82 Å². The number of hydrogen-bond donors (Lipinski definition) is 3. The van der Waals surface area contributed by atoms with Crippen LogP contribution in [0.4, 0.5) is 45.0 Å². The largest absolute Gasteiger partial charge is 0.416 e. The third kappa shape index (κ3) is 7.30.